The number of carbonyl (C=O) groups is 1. The Morgan fingerprint density at radius 2 is 2.21 bits per heavy atom. The number of benzene rings is 1. The van der Waals surface area contributed by atoms with Gasteiger partial charge in [-0.05, 0) is 48.2 Å². The van der Waals surface area contributed by atoms with E-state index in [1.807, 2.05) is 0 Å². The molecular weight excluding hydrogens is 309 g/mol. The Bertz CT molecular complexity index is 894. The highest BCUT2D eigenvalue weighted by Gasteiger charge is 2.24. The van der Waals surface area contributed by atoms with Crippen LogP contribution in [-0.4, -0.2) is 25.7 Å². The van der Waals surface area contributed by atoms with Crippen molar-refractivity contribution in [2.24, 2.45) is 0 Å². The molecule has 2 aromatic heterocycles. The molecule has 2 heterocycles. The molecule has 1 amide bonds. The highest BCUT2D eigenvalue weighted by Crippen LogP contribution is 2.31. The van der Waals surface area contributed by atoms with E-state index >= 15 is 0 Å². The Balaban J connectivity index is 1.55. The fourth-order valence-corrected chi connectivity index (χ4v) is 2.99. The van der Waals surface area contributed by atoms with Gasteiger partial charge in [-0.2, -0.15) is 5.10 Å². The largest absolute Gasteiger partial charge is 0.345 e. The Morgan fingerprint density at radius 3 is 3.04 bits per heavy atom. The molecule has 0 aliphatic heterocycles. The Kier molecular flexibility index (Phi) is 3.53. The van der Waals surface area contributed by atoms with Gasteiger partial charge in [-0.25, -0.2) is 19.0 Å². The van der Waals surface area contributed by atoms with Crippen molar-refractivity contribution >= 4 is 5.91 Å². The number of hydrogen-bond donors (Lipinski definition) is 1. The topological polar surface area (TPSA) is 72.7 Å². The standard InChI is InChI=1S/C17H14FN5O/c18-13-2-3-14-11(7-13)1-4-15(14)22-17(24)12-5-6-20-16(8-12)23-10-19-9-21-23/h2-3,5-10,15H,1,4H2,(H,22,24)/t15-/m0/s1. The van der Waals surface area contributed by atoms with Crippen LogP contribution in [0.15, 0.2) is 49.2 Å². The van der Waals surface area contributed by atoms with E-state index in [1.54, 1.807) is 24.4 Å². The lowest BCUT2D eigenvalue weighted by Crippen LogP contribution is -2.27. The first-order valence-corrected chi connectivity index (χ1v) is 7.61. The summed E-state index contributed by atoms with van der Waals surface area (Å²) in [6.07, 6.45) is 6.02. The fraction of sp³-hybridized carbons (Fsp3) is 0.176. The van der Waals surface area contributed by atoms with E-state index in [2.05, 4.69) is 20.4 Å². The van der Waals surface area contributed by atoms with E-state index in [1.165, 1.54) is 29.5 Å². The number of amides is 1. The third kappa shape index (κ3) is 2.64. The van der Waals surface area contributed by atoms with E-state index in [0.717, 1.165) is 24.0 Å². The van der Waals surface area contributed by atoms with Gasteiger partial charge in [-0.15, -0.1) is 0 Å². The number of carbonyl (C=O) groups excluding carboxylic acids is 1. The van der Waals surface area contributed by atoms with Gasteiger partial charge in [-0.1, -0.05) is 6.07 Å². The van der Waals surface area contributed by atoms with Gasteiger partial charge in [0.1, 0.15) is 18.5 Å². The molecule has 0 radical (unpaired) electrons. The monoisotopic (exact) mass is 323 g/mol. The summed E-state index contributed by atoms with van der Waals surface area (Å²) in [6, 6.07) is 7.92. The van der Waals surface area contributed by atoms with Crippen LogP contribution in [0, 0.1) is 5.82 Å². The molecule has 1 aliphatic rings. The van der Waals surface area contributed by atoms with Crippen LogP contribution in [0.2, 0.25) is 0 Å². The zero-order valence-electron chi connectivity index (χ0n) is 12.7. The third-order valence-corrected chi connectivity index (χ3v) is 4.15. The maximum atomic E-state index is 13.3. The minimum atomic E-state index is -0.243. The summed E-state index contributed by atoms with van der Waals surface area (Å²) in [7, 11) is 0. The van der Waals surface area contributed by atoms with Crippen molar-refractivity contribution in [2.75, 3.05) is 0 Å². The van der Waals surface area contributed by atoms with Crippen molar-refractivity contribution in [2.45, 2.75) is 18.9 Å². The van der Waals surface area contributed by atoms with Gasteiger partial charge < -0.3 is 5.32 Å². The minimum absolute atomic E-state index is 0.101. The molecule has 0 spiro atoms. The Hall–Kier alpha value is -3.09. The number of rotatable bonds is 3. The molecule has 6 nitrogen and oxygen atoms in total. The van der Waals surface area contributed by atoms with E-state index in [4.69, 9.17) is 0 Å². The molecule has 0 fully saturated rings. The average molecular weight is 323 g/mol. The SMILES string of the molecule is O=C(N[C@H]1CCc2cc(F)ccc21)c1ccnc(-n2cncn2)c1. The molecule has 4 rings (SSSR count). The van der Waals surface area contributed by atoms with Gasteiger partial charge in [0.05, 0.1) is 6.04 Å². The molecule has 0 unspecified atom stereocenters. The molecule has 1 aliphatic carbocycles. The number of aromatic nitrogens is 4. The molecule has 1 aromatic carbocycles. The first-order valence-electron chi connectivity index (χ1n) is 7.61. The first-order chi connectivity index (χ1) is 11.7. The molecule has 1 atom stereocenters. The zero-order valence-corrected chi connectivity index (χ0v) is 12.7. The van der Waals surface area contributed by atoms with E-state index in [0.29, 0.717) is 11.4 Å². The molecule has 0 saturated carbocycles. The van der Waals surface area contributed by atoms with Crippen LogP contribution in [0.5, 0.6) is 0 Å². The maximum Gasteiger partial charge on any atom is 0.251 e. The number of aryl methyl sites for hydroxylation is 1. The quantitative estimate of drug-likeness (QED) is 0.802. The summed E-state index contributed by atoms with van der Waals surface area (Å²) >= 11 is 0. The second-order valence-corrected chi connectivity index (χ2v) is 5.65. The highest BCUT2D eigenvalue weighted by molar-refractivity contribution is 5.94. The normalized spacial score (nSPS) is 16.0. The second-order valence-electron chi connectivity index (χ2n) is 5.65. The number of nitrogens with one attached hydrogen (secondary N) is 1. The van der Waals surface area contributed by atoms with Crippen molar-refractivity contribution in [1.82, 2.24) is 25.1 Å². The zero-order chi connectivity index (χ0) is 16.5. The number of nitrogens with zero attached hydrogens (tertiary/aromatic N) is 4. The predicted octanol–water partition coefficient (Wildman–Crippen LogP) is 2.22. The molecule has 3 aromatic rings. The molecule has 1 N–H and O–H groups in total. The van der Waals surface area contributed by atoms with Crippen LogP contribution >= 0.6 is 0 Å². The summed E-state index contributed by atoms with van der Waals surface area (Å²) in [5.41, 5.74) is 2.43. The predicted molar refractivity (Wildman–Crippen MR) is 84.1 cm³/mol. The summed E-state index contributed by atoms with van der Waals surface area (Å²) in [4.78, 5) is 20.6. The smallest absolute Gasteiger partial charge is 0.251 e. The summed E-state index contributed by atoms with van der Waals surface area (Å²) < 4.78 is 14.8. The Morgan fingerprint density at radius 1 is 1.29 bits per heavy atom. The number of halogens is 1. The van der Waals surface area contributed by atoms with Crippen LogP contribution in [0.4, 0.5) is 4.39 Å². The lowest BCUT2D eigenvalue weighted by Gasteiger charge is -2.14. The average Bonchev–Trinajstić information content (AvgIpc) is 3.25. The van der Waals surface area contributed by atoms with Crippen molar-refractivity contribution in [3.63, 3.8) is 0 Å². The second kappa shape index (κ2) is 5.84. The van der Waals surface area contributed by atoms with Gasteiger partial charge in [-0.3, -0.25) is 4.79 Å². The minimum Gasteiger partial charge on any atom is -0.345 e. The van der Waals surface area contributed by atoms with E-state index in [-0.39, 0.29) is 17.8 Å². The summed E-state index contributed by atoms with van der Waals surface area (Å²) in [5.74, 6) is 0.0855. The fourth-order valence-electron chi connectivity index (χ4n) is 2.99. The molecule has 7 heteroatoms. The Labute approximate surface area is 137 Å². The molecule has 0 saturated heterocycles. The van der Waals surface area contributed by atoms with Crippen LogP contribution < -0.4 is 5.32 Å². The molecule has 24 heavy (non-hydrogen) atoms. The van der Waals surface area contributed by atoms with Gasteiger partial charge >= 0.3 is 0 Å². The van der Waals surface area contributed by atoms with Crippen molar-refractivity contribution in [3.8, 4) is 5.82 Å². The van der Waals surface area contributed by atoms with Gasteiger partial charge in [0.2, 0.25) is 0 Å². The summed E-state index contributed by atoms with van der Waals surface area (Å²) in [5, 5.41) is 7.01. The first kappa shape index (κ1) is 14.5. The van der Waals surface area contributed by atoms with Crippen molar-refractivity contribution in [1.29, 1.82) is 0 Å². The maximum absolute atomic E-state index is 13.3. The number of pyridine rings is 1. The third-order valence-electron chi connectivity index (χ3n) is 4.15. The highest BCUT2D eigenvalue weighted by atomic mass is 19.1. The molecular formula is C17H14FN5O. The number of fused-ring (bicyclic) bond motifs is 1. The number of hydrogen-bond acceptors (Lipinski definition) is 4. The lowest BCUT2D eigenvalue weighted by atomic mass is 10.1. The van der Waals surface area contributed by atoms with Crippen LogP contribution in [0.25, 0.3) is 5.82 Å². The molecule has 120 valence electrons. The van der Waals surface area contributed by atoms with Crippen LogP contribution in [0.1, 0.15) is 33.9 Å². The van der Waals surface area contributed by atoms with E-state index < -0.39 is 0 Å². The van der Waals surface area contributed by atoms with Crippen molar-refractivity contribution < 1.29 is 9.18 Å². The lowest BCUT2D eigenvalue weighted by molar-refractivity contribution is 0.0936. The van der Waals surface area contributed by atoms with Gasteiger partial charge in [0, 0.05) is 11.8 Å². The van der Waals surface area contributed by atoms with E-state index in [9.17, 15) is 9.18 Å². The van der Waals surface area contributed by atoms with Gasteiger partial charge in [0.15, 0.2) is 5.82 Å². The van der Waals surface area contributed by atoms with Crippen LogP contribution in [-0.2, 0) is 6.42 Å². The molecule has 0 bridgehead atoms. The van der Waals surface area contributed by atoms with Crippen LogP contribution in [0.3, 0.4) is 0 Å². The van der Waals surface area contributed by atoms with Crippen molar-refractivity contribution in [3.05, 3.63) is 71.7 Å². The summed E-state index contributed by atoms with van der Waals surface area (Å²) in [6.45, 7) is 0. The van der Waals surface area contributed by atoms with Gasteiger partial charge in [0.25, 0.3) is 5.91 Å².